The number of carbonyl (C=O) groups is 3. The highest BCUT2D eigenvalue weighted by Crippen LogP contribution is 2.35. The largest absolute Gasteiger partial charge is 0.444 e. The van der Waals surface area contributed by atoms with Gasteiger partial charge in [0.2, 0.25) is 0 Å². The van der Waals surface area contributed by atoms with Crippen LogP contribution in [-0.4, -0.2) is 78.8 Å². The van der Waals surface area contributed by atoms with Gasteiger partial charge in [-0.25, -0.2) is 23.1 Å². The fourth-order valence-electron chi connectivity index (χ4n) is 5.43. The lowest BCUT2D eigenvalue weighted by Gasteiger charge is -2.36. The van der Waals surface area contributed by atoms with Crippen LogP contribution in [0.15, 0.2) is 24.7 Å². The van der Waals surface area contributed by atoms with E-state index in [0.717, 1.165) is 0 Å². The van der Waals surface area contributed by atoms with Crippen LogP contribution < -0.4 is 10.2 Å². The Hall–Kier alpha value is -4.10. The van der Waals surface area contributed by atoms with Crippen LogP contribution in [0.1, 0.15) is 81.9 Å². The molecule has 4 heterocycles. The lowest BCUT2D eigenvalue weighted by atomic mass is 9.84. The highest BCUT2D eigenvalue weighted by molar-refractivity contribution is 6.08. The van der Waals surface area contributed by atoms with Crippen LogP contribution in [0, 0.1) is 5.92 Å². The van der Waals surface area contributed by atoms with E-state index in [0.29, 0.717) is 57.7 Å². The van der Waals surface area contributed by atoms with Crippen molar-refractivity contribution in [3.8, 4) is 0 Å². The van der Waals surface area contributed by atoms with Crippen LogP contribution in [0.3, 0.4) is 0 Å². The van der Waals surface area contributed by atoms with Gasteiger partial charge in [-0.15, -0.1) is 0 Å². The van der Waals surface area contributed by atoms with Crippen LogP contribution in [0.5, 0.6) is 0 Å². The summed E-state index contributed by atoms with van der Waals surface area (Å²) in [6, 6.07) is 1.64. The molecule has 1 saturated heterocycles. The highest BCUT2D eigenvalue weighted by Gasteiger charge is 2.30. The van der Waals surface area contributed by atoms with Crippen LogP contribution in [0.25, 0.3) is 5.65 Å². The number of halogens is 2. The van der Waals surface area contributed by atoms with E-state index in [1.165, 1.54) is 21.6 Å². The van der Waals surface area contributed by atoms with Gasteiger partial charge in [0.05, 0.1) is 17.9 Å². The molecule has 1 aliphatic heterocycles. The second-order valence-corrected chi connectivity index (χ2v) is 11.8. The summed E-state index contributed by atoms with van der Waals surface area (Å²) < 4.78 is 36.2. The molecule has 1 saturated carbocycles. The Morgan fingerprint density at radius 2 is 1.76 bits per heavy atom. The molecular weight excluding hydrogens is 550 g/mol. The number of carbonyl (C=O) groups excluding carboxylic acids is 3. The Labute approximate surface area is 242 Å². The molecular formula is C28H36F2N8O4. The molecule has 12 nitrogen and oxygen atoms in total. The minimum absolute atomic E-state index is 0.00702. The van der Waals surface area contributed by atoms with Gasteiger partial charge in [-0.05, 0) is 59.4 Å². The first-order valence-electron chi connectivity index (χ1n) is 14.2. The van der Waals surface area contributed by atoms with E-state index in [4.69, 9.17) is 4.74 Å². The number of anilines is 2. The molecule has 0 spiro atoms. The molecule has 5 rings (SSSR count). The summed E-state index contributed by atoms with van der Waals surface area (Å²) in [5.41, 5.74) is -0.764. The molecule has 3 aromatic heterocycles. The number of piperazine rings is 1. The van der Waals surface area contributed by atoms with Crippen LogP contribution >= 0.6 is 0 Å². The van der Waals surface area contributed by atoms with Crippen molar-refractivity contribution >= 4 is 34.9 Å². The van der Waals surface area contributed by atoms with Gasteiger partial charge >= 0.3 is 6.09 Å². The minimum Gasteiger partial charge on any atom is -0.444 e. The number of nitrogens with zero attached hydrogens (tertiary/aromatic N) is 7. The fraction of sp³-hybridized carbons (Fsp3) is 0.571. The van der Waals surface area contributed by atoms with Crippen molar-refractivity contribution in [2.75, 3.05) is 36.4 Å². The van der Waals surface area contributed by atoms with Gasteiger partial charge in [0, 0.05) is 44.5 Å². The average molecular weight is 587 g/mol. The molecule has 0 aromatic carbocycles. The number of hydrogen-bond acceptors (Lipinski definition) is 8. The Morgan fingerprint density at radius 3 is 2.38 bits per heavy atom. The number of alkyl halides is 2. The molecule has 42 heavy (non-hydrogen) atoms. The van der Waals surface area contributed by atoms with Crippen LogP contribution in [0.4, 0.5) is 25.1 Å². The summed E-state index contributed by atoms with van der Waals surface area (Å²) in [4.78, 5) is 45.7. The van der Waals surface area contributed by atoms with E-state index < -0.39 is 23.6 Å². The van der Waals surface area contributed by atoms with Crippen LogP contribution in [-0.2, 0) is 9.53 Å². The summed E-state index contributed by atoms with van der Waals surface area (Å²) in [5, 5.41) is 10.9. The van der Waals surface area contributed by atoms with Gasteiger partial charge < -0.3 is 19.9 Å². The Balaban J connectivity index is 1.29. The van der Waals surface area contributed by atoms with E-state index in [-0.39, 0.29) is 40.7 Å². The number of rotatable bonds is 6. The third kappa shape index (κ3) is 6.36. The second-order valence-electron chi connectivity index (χ2n) is 11.8. The molecule has 1 aliphatic carbocycles. The van der Waals surface area contributed by atoms with Gasteiger partial charge in [0.1, 0.15) is 22.8 Å². The molecule has 0 unspecified atom stereocenters. The van der Waals surface area contributed by atoms with Crippen molar-refractivity contribution in [3.63, 3.8) is 0 Å². The molecule has 14 heteroatoms. The summed E-state index contributed by atoms with van der Waals surface area (Å²) in [7, 11) is 0. The molecule has 0 radical (unpaired) electrons. The van der Waals surface area contributed by atoms with Gasteiger partial charge in [-0.1, -0.05) is 0 Å². The first kappa shape index (κ1) is 29.4. The minimum atomic E-state index is -2.89. The van der Waals surface area contributed by atoms with Gasteiger partial charge in [-0.2, -0.15) is 10.2 Å². The van der Waals surface area contributed by atoms with E-state index in [2.05, 4.69) is 20.5 Å². The Bertz CT molecular complexity index is 1460. The predicted molar refractivity (Wildman–Crippen MR) is 150 cm³/mol. The first-order valence-corrected chi connectivity index (χ1v) is 14.2. The number of hydrogen-bond donors (Lipinski definition) is 1. The smallest absolute Gasteiger partial charge is 0.410 e. The first-order chi connectivity index (χ1) is 19.9. The standard InChI is InChI=1S/C28H36F2N8O4/c1-17(39)18-5-7-19(8-6-18)38-16-21(23(34-38)24(29)30)32-26(40)20-15-31-37-10-9-22(33-25(20)37)35-11-13-36(14-12-35)27(41)42-28(2,3)4/h9-10,15-16,18-19,24H,5-8,11-14H2,1-4H3,(H,32,40). The SMILES string of the molecule is CC(=O)C1CCC(n2cc(NC(=O)c3cnn4ccc(N5CCN(C(=O)OC(C)(C)C)CC5)nc34)c(C(F)F)n2)CC1. The van der Waals surface area contributed by atoms with E-state index in [9.17, 15) is 23.2 Å². The normalized spacial score (nSPS) is 19.8. The number of fused-ring (bicyclic) bond motifs is 1. The fourth-order valence-corrected chi connectivity index (χ4v) is 5.43. The maximum Gasteiger partial charge on any atom is 0.410 e. The number of aromatic nitrogens is 5. The zero-order chi connectivity index (χ0) is 30.2. The number of amides is 2. The highest BCUT2D eigenvalue weighted by atomic mass is 19.3. The zero-order valence-electron chi connectivity index (χ0n) is 24.2. The summed E-state index contributed by atoms with van der Waals surface area (Å²) >= 11 is 0. The van der Waals surface area contributed by atoms with Gasteiger partial charge in [-0.3, -0.25) is 14.3 Å². The molecule has 0 atom stereocenters. The predicted octanol–water partition coefficient (Wildman–Crippen LogP) is 4.49. The third-order valence-corrected chi connectivity index (χ3v) is 7.72. The topological polar surface area (TPSA) is 127 Å². The Kier molecular flexibility index (Phi) is 8.15. The maximum absolute atomic E-state index is 13.9. The second kappa shape index (κ2) is 11.6. The molecule has 2 aliphatic rings. The summed E-state index contributed by atoms with van der Waals surface area (Å²) in [6.07, 6.45) is 3.86. The van der Waals surface area contributed by atoms with Crippen molar-refractivity contribution < 1.29 is 27.9 Å². The number of Topliss-reactive ketones (excluding diaryl/α,β-unsaturated/α-hetero) is 1. The number of nitrogens with one attached hydrogen (secondary N) is 1. The summed E-state index contributed by atoms with van der Waals surface area (Å²) in [6.45, 7) is 8.97. The van der Waals surface area contributed by atoms with Crippen molar-refractivity contribution in [2.24, 2.45) is 5.92 Å². The van der Waals surface area contributed by atoms with Crippen molar-refractivity contribution in [1.82, 2.24) is 29.3 Å². The number of ether oxygens (including phenoxy) is 1. The van der Waals surface area contributed by atoms with Crippen molar-refractivity contribution in [3.05, 3.63) is 35.9 Å². The van der Waals surface area contributed by atoms with Gasteiger partial charge in [0.15, 0.2) is 11.3 Å². The number of ketones is 1. The third-order valence-electron chi connectivity index (χ3n) is 7.72. The molecule has 0 bridgehead atoms. The van der Waals surface area contributed by atoms with Crippen molar-refractivity contribution in [2.45, 2.75) is 71.4 Å². The molecule has 3 aromatic rings. The lowest BCUT2D eigenvalue weighted by molar-refractivity contribution is -0.121. The molecule has 1 N–H and O–H groups in total. The lowest BCUT2D eigenvalue weighted by Crippen LogP contribution is -2.50. The molecule has 2 fully saturated rings. The van der Waals surface area contributed by atoms with E-state index in [1.807, 2.05) is 25.7 Å². The van der Waals surface area contributed by atoms with E-state index in [1.54, 1.807) is 24.1 Å². The molecule has 226 valence electrons. The van der Waals surface area contributed by atoms with Crippen LogP contribution in [0.2, 0.25) is 0 Å². The summed E-state index contributed by atoms with van der Waals surface area (Å²) in [5.74, 6) is 0.102. The maximum atomic E-state index is 13.9. The molecule has 2 amide bonds. The van der Waals surface area contributed by atoms with Gasteiger partial charge in [0.25, 0.3) is 12.3 Å². The van der Waals surface area contributed by atoms with E-state index >= 15 is 0 Å². The Morgan fingerprint density at radius 1 is 1.07 bits per heavy atom. The quantitative estimate of drug-likeness (QED) is 0.448. The van der Waals surface area contributed by atoms with Crippen molar-refractivity contribution in [1.29, 1.82) is 0 Å². The monoisotopic (exact) mass is 586 g/mol. The zero-order valence-corrected chi connectivity index (χ0v) is 24.2. The average Bonchev–Trinajstić information content (AvgIpc) is 3.56.